The molecule has 0 atom stereocenters. The minimum absolute atomic E-state index is 0.128. The van der Waals surface area contributed by atoms with E-state index in [9.17, 15) is 9.90 Å². The summed E-state index contributed by atoms with van der Waals surface area (Å²) in [7, 11) is 0. The molecule has 0 saturated carbocycles. The highest BCUT2D eigenvalue weighted by molar-refractivity contribution is 6.30. The van der Waals surface area contributed by atoms with Crippen LogP contribution in [-0.4, -0.2) is 12.5 Å². The van der Waals surface area contributed by atoms with E-state index < -0.39 is 0 Å². The van der Waals surface area contributed by atoms with E-state index in [-0.39, 0.29) is 12.5 Å². The van der Waals surface area contributed by atoms with Crippen LogP contribution in [0.3, 0.4) is 0 Å². The number of hydrogen-bond donors (Lipinski definition) is 1. The molecule has 1 radical (unpaired) electrons. The number of carbonyl (C=O) groups excluding carboxylic acids is 1. The number of carbonyl (C=O) groups is 1. The van der Waals surface area contributed by atoms with Crippen LogP contribution in [0.1, 0.15) is 15.9 Å². The highest BCUT2D eigenvalue weighted by Crippen LogP contribution is 2.13. The molecule has 19 heavy (non-hydrogen) atoms. The van der Waals surface area contributed by atoms with Crippen molar-refractivity contribution in [2.24, 2.45) is 0 Å². The predicted octanol–water partition coefficient (Wildman–Crippen LogP) is 3.57. The molecule has 0 saturated heterocycles. The molecule has 0 unspecified atom stereocenters. The lowest BCUT2D eigenvalue weighted by Gasteiger charge is -2.06. The molecular formula is C15H13ClNO2. The van der Waals surface area contributed by atoms with E-state index in [1.54, 1.807) is 36.4 Å². The number of benzene rings is 2. The normalized spacial score (nSPS) is 10.2. The fourth-order valence-electron chi connectivity index (χ4n) is 1.68. The topological polar surface area (TPSA) is 49.0 Å². The molecule has 1 N–H and O–H groups in total. The van der Waals surface area contributed by atoms with Crippen LogP contribution < -0.4 is 5.32 Å². The largest absolute Gasteiger partial charge is 0.322 e. The zero-order valence-corrected chi connectivity index (χ0v) is 11.0. The summed E-state index contributed by atoms with van der Waals surface area (Å²) in [6, 6.07) is 14.0. The zero-order valence-electron chi connectivity index (χ0n) is 10.2. The number of hydrogen-bond acceptors (Lipinski definition) is 1. The van der Waals surface area contributed by atoms with Crippen molar-refractivity contribution in [3.8, 4) is 0 Å². The van der Waals surface area contributed by atoms with E-state index >= 15 is 0 Å². The van der Waals surface area contributed by atoms with E-state index in [0.29, 0.717) is 22.7 Å². The molecule has 2 aromatic carbocycles. The molecule has 1 amide bonds. The zero-order chi connectivity index (χ0) is 13.7. The van der Waals surface area contributed by atoms with Gasteiger partial charge in [0.25, 0.3) is 5.91 Å². The van der Waals surface area contributed by atoms with Crippen molar-refractivity contribution in [3.63, 3.8) is 0 Å². The Hall–Kier alpha value is -1.84. The maximum absolute atomic E-state index is 11.9. The highest BCUT2D eigenvalue weighted by Gasteiger charge is 2.05. The van der Waals surface area contributed by atoms with Gasteiger partial charge in [0.05, 0.1) is 6.61 Å². The number of halogens is 1. The van der Waals surface area contributed by atoms with Gasteiger partial charge >= 0.3 is 0 Å². The average molecular weight is 275 g/mol. The SMILES string of the molecule is [O]CCc1ccc(NC(=O)c2ccc(Cl)cc2)cc1. The third-order valence-electron chi connectivity index (χ3n) is 2.71. The molecule has 0 aliphatic carbocycles. The Morgan fingerprint density at radius 3 is 2.21 bits per heavy atom. The Morgan fingerprint density at radius 1 is 1.00 bits per heavy atom. The van der Waals surface area contributed by atoms with Gasteiger partial charge in [-0.25, -0.2) is 5.11 Å². The quantitative estimate of drug-likeness (QED) is 0.910. The van der Waals surface area contributed by atoms with Gasteiger partial charge in [0, 0.05) is 16.3 Å². The van der Waals surface area contributed by atoms with Gasteiger partial charge in [-0.15, -0.1) is 0 Å². The first-order chi connectivity index (χ1) is 9.19. The van der Waals surface area contributed by atoms with Crippen LogP contribution in [0.2, 0.25) is 5.02 Å². The lowest BCUT2D eigenvalue weighted by Crippen LogP contribution is -2.11. The number of amides is 1. The molecule has 2 rings (SSSR count). The van der Waals surface area contributed by atoms with Gasteiger partial charge in [0.2, 0.25) is 0 Å². The lowest BCUT2D eigenvalue weighted by molar-refractivity contribution is 0.102. The Kier molecular flexibility index (Phi) is 4.55. The maximum Gasteiger partial charge on any atom is 0.255 e. The summed E-state index contributed by atoms with van der Waals surface area (Å²) in [5.41, 5.74) is 2.22. The van der Waals surface area contributed by atoms with Gasteiger partial charge in [-0.05, 0) is 48.4 Å². The molecule has 0 bridgehead atoms. The van der Waals surface area contributed by atoms with Crippen LogP contribution in [0.4, 0.5) is 5.69 Å². The first-order valence-electron chi connectivity index (χ1n) is 5.93. The van der Waals surface area contributed by atoms with Crippen LogP contribution in [0, 0.1) is 0 Å². The maximum atomic E-state index is 11.9. The van der Waals surface area contributed by atoms with Gasteiger partial charge in [-0.2, -0.15) is 0 Å². The standard InChI is InChI=1S/C15H13ClNO2/c16-13-5-3-12(4-6-13)15(19)17-14-7-1-11(2-8-14)9-10-18/h1-8H,9-10H2,(H,17,19). The van der Waals surface area contributed by atoms with Crippen molar-refractivity contribution in [2.45, 2.75) is 6.42 Å². The van der Waals surface area contributed by atoms with E-state index in [1.165, 1.54) is 0 Å². The monoisotopic (exact) mass is 274 g/mol. The Bertz CT molecular complexity index is 549. The first-order valence-corrected chi connectivity index (χ1v) is 6.31. The van der Waals surface area contributed by atoms with E-state index in [0.717, 1.165) is 5.56 Å². The van der Waals surface area contributed by atoms with Crippen LogP contribution in [0.15, 0.2) is 48.5 Å². The molecule has 0 heterocycles. The van der Waals surface area contributed by atoms with Crippen LogP contribution >= 0.6 is 11.6 Å². The molecule has 0 aromatic heterocycles. The third-order valence-corrected chi connectivity index (χ3v) is 2.96. The van der Waals surface area contributed by atoms with Gasteiger partial charge in [-0.3, -0.25) is 4.79 Å². The van der Waals surface area contributed by atoms with Crippen molar-refractivity contribution in [1.82, 2.24) is 0 Å². The summed E-state index contributed by atoms with van der Waals surface area (Å²) < 4.78 is 0. The highest BCUT2D eigenvalue weighted by atomic mass is 35.5. The fraction of sp³-hybridized carbons (Fsp3) is 0.133. The lowest BCUT2D eigenvalue weighted by atomic mass is 10.1. The van der Waals surface area contributed by atoms with Crippen molar-refractivity contribution in [1.29, 1.82) is 0 Å². The first kappa shape index (κ1) is 13.6. The summed E-state index contributed by atoms with van der Waals surface area (Å²) >= 11 is 5.77. The van der Waals surface area contributed by atoms with E-state index in [2.05, 4.69) is 5.32 Å². The Morgan fingerprint density at radius 2 is 1.63 bits per heavy atom. The molecule has 0 fully saturated rings. The van der Waals surface area contributed by atoms with Crippen LogP contribution in [0.25, 0.3) is 0 Å². The molecule has 4 heteroatoms. The second-order valence-electron chi connectivity index (χ2n) is 4.11. The number of nitrogens with one attached hydrogen (secondary N) is 1. The Labute approximate surface area is 116 Å². The molecule has 3 nitrogen and oxygen atoms in total. The molecule has 2 aromatic rings. The second kappa shape index (κ2) is 6.36. The summed E-state index contributed by atoms with van der Waals surface area (Å²) in [6.07, 6.45) is 0.505. The van der Waals surface area contributed by atoms with Gasteiger partial charge < -0.3 is 5.32 Å². The summed E-state index contributed by atoms with van der Waals surface area (Å²) in [4.78, 5) is 11.9. The van der Waals surface area contributed by atoms with Crippen molar-refractivity contribution < 1.29 is 9.90 Å². The second-order valence-corrected chi connectivity index (χ2v) is 4.55. The van der Waals surface area contributed by atoms with Gasteiger partial charge in [0.15, 0.2) is 0 Å². The minimum Gasteiger partial charge on any atom is -0.322 e. The minimum atomic E-state index is -0.187. The van der Waals surface area contributed by atoms with Crippen molar-refractivity contribution in [2.75, 3.05) is 11.9 Å². The molecule has 0 aliphatic heterocycles. The average Bonchev–Trinajstić information content (AvgIpc) is 2.42. The van der Waals surface area contributed by atoms with E-state index in [1.807, 2.05) is 12.1 Å². The molecule has 97 valence electrons. The van der Waals surface area contributed by atoms with Crippen LogP contribution in [-0.2, 0) is 11.5 Å². The van der Waals surface area contributed by atoms with E-state index in [4.69, 9.17) is 11.6 Å². The van der Waals surface area contributed by atoms with Gasteiger partial charge in [-0.1, -0.05) is 23.7 Å². The smallest absolute Gasteiger partial charge is 0.255 e. The number of anilines is 1. The van der Waals surface area contributed by atoms with Crippen molar-refractivity contribution in [3.05, 3.63) is 64.7 Å². The van der Waals surface area contributed by atoms with Gasteiger partial charge in [0.1, 0.15) is 0 Å². The van der Waals surface area contributed by atoms with Crippen LogP contribution in [0.5, 0.6) is 0 Å². The molecular weight excluding hydrogens is 262 g/mol. The number of rotatable bonds is 4. The Balaban J connectivity index is 2.04. The molecule has 0 aliphatic rings. The fourth-order valence-corrected chi connectivity index (χ4v) is 1.80. The van der Waals surface area contributed by atoms with Crippen molar-refractivity contribution >= 4 is 23.2 Å². The predicted molar refractivity (Wildman–Crippen MR) is 75.1 cm³/mol. The summed E-state index contributed by atoms with van der Waals surface area (Å²) in [5, 5.41) is 13.9. The summed E-state index contributed by atoms with van der Waals surface area (Å²) in [5.74, 6) is -0.187. The summed E-state index contributed by atoms with van der Waals surface area (Å²) in [6.45, 7) is -0.128. The third kappa shape index (κ3) is 3.81. The molecule has 0 spiro atoms.